The molecular weight excluding hydrogens is 407 g/mol. The minimum absolute atomic E-state index is 0.0629. The molecule has 2 aromatic rings. The maximum atomic E-state index is 14.4. The van der Waals surface area contributed by atoms with Gasteiger partial charge in [0, 0.05) is 36.0 Å². The van der Waals surface area contributed by atoms with Crippen molar-refractivity contribution in [1.82, 2.24) is 10.6 Å². The van der Waals surface area contributed by atoms with Gasteiger partial charge in [-0.05, 0) is 55.0 Å². The van der Waals surface area contributed by atoms with Gasteiger partial charge in [0.05, 0.1) is 7.11 Å². The molecule has 2 aromatic carbocycles. The predicted octanol–water partition coefficient (Wildman–Crippen LogP) is 3.82. The van der Waals surface area contributed by atoms with E-state index in [1.54, 1.807) is 12.1 Å². The molecule has 1 aliphatic rings. The lowest BCUT2D eigenvalue weighted by Crippen LogP contribution is -2.44. The van der Waals surface area contributed by atoms with Crippen molar-refractivity contribution in [2.45, 2.75) is 44.1 Å². The van der Waals surface area contributed by atoms with E-state index in [1.807, 2.05) is 24.3 Å². The third kappa shape index (κ3) is 5.95. The molecule has 30 heavy (non-hydrogen) atoms. The van der Waals surface area contributed by atoms with Gasteiger partial charge in [-0.3, -0.25) is 9.59 Å². The first kappa shape index (κ1) is 22.1. The molecule has 1 aliphatic heterocycles. The van der Waals surface area contributed by atoms with Gasteiger partial charge < -0.3 is 15.4 Å². The van der Waals surface area contributed by atoms with E-state index >= 15 is 0 Å². The Morgan fingerprint density at radius 1 is 1.27 bits per heavy atom. The average Bonchev–Trinajstić information content (AvgIpc) is 3.10. The van der Waals surface area contributed by atoms with E-state index in [0.29, 0.717) is 55.0 Å². The molecule has 0 spiro atoms. The highest BCUT2D eigenvalue weighted by Crippen LogP contribution is 2.31. The second-order valence-corrected chi connectivity index (χ2v) is 8.13. The Morgan fingerprint density at radius 3 is 2.67 bits per heavy atom. The number of carbonyl (C=O) groups excluding carboxylic acids is 2. The van der Waals surface area contributed by atoms with E-state index in [0.717, 1.165) is 5.56 Å². The van der Waals surface area contributed by atoms with E-state index in [2.05, 4.69) is 10.6 Å². The number of benzene rings is 2. The van der Waals surface area contributed by atoms with Gasteiger partial charge in [-0.2, -0.15) is 0 Å². The first-order valence-corrected chi connectivity index (χ1v) is 10.4. The van der Waals surface area contributed by atoms with Crippen molar-refractivity contribution >= 4 is 23.4 Å². The fourth-order valence-corrected chi connectivity index (χ4v) is 3.91. The van der Waals surface area contributed by atoms with Gasteiger partial charge in [0.15, 0.2) is 0 Å². The van der Waals surface area contributed by atoms with Crippen LogP contribution in [0.25, 0.3) is 0 Å². The molecule has 0 saturated carbocycles. The maximum absolute atomic E-state index is 14.4. The van der Waals surface area contributed by atoms with Crippen LogP contribution in [0.3, 0.4) is 0 Å². The Bertz CT molecular complexity index is 904. The van der Waals surface area contributed by atoms with Crippen LogP contribution in [0.1, 0.15) is 36.8 Å². The summed E-state index contributed by atoms with van der Waals surface area (Å²) >= 11 is 5.88. The number of methoxy groups -OCH3 is 1. The number of halogens is 2. The van der Waals surface area contributed by atoms with Crippen LogP contribution in [0.4, 0.5) is 4.39 Å². The number of hydrogen-bond donors (Lipinski definition) is 2. The summed E-state index contributed by atoms with van der Waals surface area (Å²) in [5, 5.41) is 6.58. The van der Waals surface area contributed by atoms with Gasteiger partial charge in [0.1, 0.15) is 11.6 Å². The van der Waals surface area contributed by atoms with Crippen LogP contribution in [0, 0.1) is 5.82 Å². The van der Waals surface area contributed by atoms with Crippen molar-refractivity contribution < 1.29 is 18.7 Å². The Hall–Kier alpha value is -2.60. The number of amides is 2. The van der Waals surface area contributed by atoms with Gasteiger partial charge in [-0.25, -0.2) is 4.39 Å². The lowest BCUT2D eigenvalue weighted by molar-refractivity contribution is -0.122. The molecule has 7 heteroatoms. The monoisotopic (exact) mass is 432 g/mol. The van der Waals surface area contributed by atoms with Gasteiger partial charge in [0.25, 0.3) is 0 Å². The quantitative estimate of drug-likeness (QED) is 0.633. The van der Waals surface area contributed by atoms with E-state index in [4.69, 9.17) is 16.3 Å². The molecule has 0 aliphatic carbocycles. The third-order valence-electron chi connectivity index (χ3n) is 5.50. The lowest BCUT2D eigenvalue weighted by atomic mass is 9.84. The van der Waals surface area contributed by atoms with Gasteiger partial charge in [-0.15, -0.1) is 0 Å². The maximum Gasteiger partial charge on any atom is 0.220 e. The van der Waals surface area contributed by atoms with E-state index in [1.165, 1.54) is 13.2 Å². The van der Waals surface area contributed by atoms with Crippen LogP contribution in [-0.2, 0) is 22.4 Å². The molecule has 1 heterocycles. The topological polar surface area (TPSA) is 67.4 Å². The molecule has 0 radical (unpaired) electrons. The van der Waals surface area contributed by atoms with Gasteiger partial charge >= 0.3 is 0 Å². The first-order valence-electron chi connectivity index (χ1n) is 10.0. The Morgan fingerprint density at radius 2 is 2.03 bits per heavy atom. The average molecular weight is 433 g/mol. The Kier molecular flexibility index (Phi) is 7.32. The van der Waals surface area contributed by atoms with E-state index < -0.39 is 5.54 Å². The standard InChI is InChI=1S/C23H26ClFN2O3/c1-30-19-7-4-17(20(25)14-19)15-23(12-9-22(29)27-23)11-8-21(28)26-13-10-16-2-5-18(24)6-3-16/h2-7,14H,8-13,15H2,1H3,(H,26,28)(H,27,29)/t23-/m0/s1. The molecule has 0 bridgehead atoms. The zero-order valence-electron chi connectivity index (χ0n) is 17.0. The molecule has 2 N–H and O–H groups in total. The number of carbonyl (C=O) groups is 2. The van der Waals surface area contributed by atoms with Crippen LogP contribution >= 0.6 is 11.6 Å². The lowest BCUT2D eigenvalue weighted by Gasteiger charge is -2.29. The molecule has 0 aromatic heterocycles. The molecule has 3 rings (SSSR count). The van der Waals surface area contributed by atoms with Crippen molar-refractivity contribution in [1.29, 1.82) is 0 Å². The summed E-state index contributed by atoms with van der Waals surface area (Å²) < 4.78 is 19.5. The molecule has 160 valence electrons. The molecule has 1 atom stereocenters. The van der Waals surface area contributed by atoms with Crippen molar-refractivity contribution in [3.8, 4) is 5.75 Å². The van der Waals surface area contributed by atoms with E-state index in [9.17, 15) is 14.0 Å². The predicted molar refractivity (Wildman–Crippen MR) is 114 cm³/mol. The van der Waals surface area contributed by atoms with Crippen molar-refractivity contribution in [3.63, 3.8) is 0 Å². The molecule has 5 nitrogen and oxygen atoms in total. The van der Waals surface area contributed by atoms with Crippen LogP contribution in [0.15, 0.2) is 42.5 Å². The summed E-state index contributed by atoms with van der Waals surface area (Å²) in [6, 6.07) is 12.2. The normalized spacial score (nSPS) is 18.2. The summed E-state index contributed by atoms with van der Waals surface area (Å²) in [7, 11) is 1.48. The van der Waals surface area contributed by atoms with Crippen LogP contribution in [0.5, 0.6) is 5.75 Å². The number of hydrogen-bond acceptors (Lipinski definition) is 3. The highest BCUT2D eigenvalue weighted by atomic mass is 35.5. The van der Waals surface area contributed by atoms with Crippen LogP contribution in [-0.4, -0.2) is 31.0 Å². The number of rotatable bonds is 9. The third-order valence-corrected chi connectivity index (χ3v) is 5.76. The highest BCUT2D eigenvalue weighted by molar-refractivity contribution is 6.30. The summed E-state index contributed by atoms with van der Waals surface area (Å²) in [6.45, 7) is 0.521. The van der Waals surface area contributed by atoms with Crippen molar-refractivity contribution in [2.75, 3.05) is 13.7 Å². The smallest absolute Gasteiger partial charge is 0.220 e. The van der Waals surface area contributed by atoms with Gasteiger partial charge in [-0.1, -0.05) is 29.8 Å². The van der Waals surface area contributed by atoms with Crippen molar-refractivity contribution in [2.24, 2.45) is 0 Å². The summed E-state index contributed by atoms with van der Waals surface area (Å²) in [4.78, 5) is 24.2. The SMILES string of the molecule is COc1ccc(C[C@]2(CCC(=O)NCCc3ccc(Cl)cc3)CCC(=O)N2)c(F)c1. The second kappa shape index (κ2) is 9.94. The molecule has 2 amide bonds. The Balaban J connectivity index is 1.55. The summed E-state index contributed by atoms with van der Waals surface area (Å²) in [5.41, 5.74) is 0.982. The molecule has 1 fully saturated rings. The minimum atomic E-state index is -0.611. The molecule has 0 unspecified atom stereocenters. The Labute approximate surface area is 181 Å². The fourth-order valence-electron chi connectivity index (χ4n) is 3.78. The first-order chi connectivity index (χ1) is 14.4. The van der Waals surface area contributed by atoms with E-state index in [-0.39, 0.29) is 24.1 Å². The van der Waals surface area contributed by atoms with Crippen molar-refractivity contribution in [3.05, 3.63) is 64.4 Å². The largest absolute Gasteiger partial charge is 0.497 e. The second-order valence-electron chi connectivity index (χ2n) is 7.69. The molecular formula is C23H26ClFN2O3. The van der Waals surface area contributed by atoms with Crippen LogP contribution < -0.4 is 15.4 Å². The number of ether oxygens (including phenoxy) is 1. The zero-order chi connectivity index (χ0) is 21.6. The molecule has 1 saturated heterocycles. The zero-order valence-corrected chi connectivity index (χ0v) is 17.7. The number of nitrogens with one attached hydrogen (secondary N) is 2. The highest BCUT2D eigenvalue weighted by Gasteiger charge is 2.38. The van der Waals surface area contributed by atoms with Crippen LogP contribution in [0.2, 0.25) is 5.02 Å². The fraction of sp³-hybridized carbons (Fsp3) is 0.391. The summed E-state index contributed by atoms with van der Waals surface area (Å²) in [5.74, 6) is -0.0742. The summed E-state index contributed by atoms with van der Waals surface area (Å²) in [6.07, 6.45) is 2.73. The van der Waals surface area contributed by atoms with Gasteiger partial charge in [0.2, 0.25) is 11.8 Å². The minimum Gasteiger partial charge on any atom is -0.497 e.